The molecule has 1 aromatic heterocycles. The van der Waals surface area contributed by atoms with E-state index in [0.717, 1.165) is 62.0 Å². The summed E-state index contributed by atoms with van der Waals surface area (Å²) in [6.45, 7) is 21.5. The topological polar surface area (TPSA) is 79.8 Å². The Morgan fingerprint density at radius 2 is 1.70 bits per heavy atom. The van der Waals surface area contributed by atoms with Crippen molar-refractivity contribution >= 4 is 37.2 Å². The lowest BCUT2D eigenvalue weighted by atomic mass is 9.87. The number of benzene rings is 1. The molecule has 202 valence electrons. The summed E-state index contributed by atoms with van der Waals surface area (Å²) in [5.74, 6) is 1.98. The molecular weight excluding hydrogens is 482 g/mol. The molecule has 2 aromatic rings. The van der Waals surface area contributed by atoms with E-state index in [9.17, 15) is 4.79 Å². The van der Waals surface area contributed by atoms with E-state index in [-0.39, 0.29) is 10.9 Å². The molecule has 0 atom stereocenters. The van der Waals surface area contributed by atoms with Gasteiger partial charge in [0, 0.05) is 25.3 Å². The second-order valence-corrected chi connectivity index (χ2v) is 16.9. The van der Waals surface area contributed by atoms with E-state index in [1.165, 1.54) is 0 Å². The molecule has 1 amide bonds. The summed E-state index contributed by atoms with van der Waals surface area (Å²) in [5, 5.41) is 3.55. The molecule has 0 aliphatic carbocycles. The van der Waals surface area contributed by atoms with Gasteiger partial charge in [-0.1, -0.05) is 27.7 Å². The van der Waals surface area contributed by atoms with Crippen LogP contribution >= 0.6 is 0 Å². The number of ether oxygens (including phenoxy) is 1. The summed E-state index contributed by atoms with van der Waals surface area (Å²) >= 11 is 0. The fourth-order valence-electron chi connectivity index (χ4n) is 4.48. The van der Waals surface area contributed by atoms with Crippen LogP contribution in [0.2, 0.25) is 18.1 Å². The Labute approximate surface area is 222 Å². The SMILES string of the molecule is CCCNc1nc(CO[Si](C)(C)C(C)(C)C)nc2c1C(C)(C)C(=O)N2c1ccc(N2CCOCC2)cc1. The Bertz CT molecular complexity index is 1120. The van der Waals surface area contributed by atoms with Gasteiger partial charge < -0.3 is 19.4 Å². The Morgan fingerprint density at radius 1 is 1.08 bits per heavy atom. The third-order valence-electron chi connectivity index (χ3n) is 7.91. The molecule has 2 aliphatic heterocycles. The highest BCUT2D eigenvalue weighted by molar-refractivity contribution is 6.74. The van der Waals surface area contributed by atoms with Gasteiger partial charge in [0.1, 0.15) is 11.6 Å². The average molecular weight is 526 g/mol. The van der Waals surface area contributed by atoms with Crippen LogP contribution in [0, 0.1) is 0 Å². The molecule has 4 rings (SSSR count). The zero-order chi connectivity index (χ0) is 27.0. The molecule has 0 saturated carbocycles. The molecule has 37 heavy (non-hydrogen) atoms. The maximum atomic E-state index is 13.8. The summed E-state index contributed by atoms with van der Waals surface area (Å²) in [5.41, 5.74) is 2.03. The van der Waals surface area contributed by atoms with Gasteiger partial charge in [-0.25, -0.2) is 9.97 Å². The van der Waals surface area contributed by atoms with Gasteiger partial charge in [-0.2, -0.15) is 0 Å². The number of rotatable bonds is 8. The number of amides is 1. The highest BCUT2D eigenvalue weighted by atomic mass is 28.4. The summed E-state index contributed by atoms with van der Waals surface area (Å²) in [6.07, 6.45) is 0.954. The molecule has 1 N–H and O–H groups in total. The second kappa shape index (κ2) is 10.3. The number of aromatic nitrogens is 2. The summed E-state index contributed by atoms with van der Waals surface area (Å²) < 4.78 is 12.0. The maximum absolute atomic E-state index is 13.8. The maximum Gasteiger partial charge on any atom is 0.243 e. The molecule has 0 radical (unpaired) electrons. The molecule has 0 bridgehead atoms. The van der Waals surface area contributed by atoms with Crippen LogP contribution in [0.15, 0.2) is 24.3 Å². The van der Waals surface area contributed by atoms with Crippen LogP contribution in [0.4, 0.5) is 23.0 Å². The predicted molar refractivity (Wildman–Crippen MR) is 152 cm³/mol. The Hall–Kier alpha value is -2.49. The lowest BCUT2D eigenvalue weighted by molar-refractivity contribution is -0.121. The van der Waals surface area contributed by atoms with Crippen molar-refractivity contribution in [1.29, 1.82) is 0 Å². The zero-order valence-corrected chi connectivity index (χ0v) is 24.8. The van der Waals surface area contributed by atoms with Gasteiger partial charge >= 0.3 is 0 Å². The van der Waals surface area contributed by atoms with E-state index in [2.05, 4.69) is 63.1 Å². The number of nitrogens with zero attached hydrogens (tertiary/aromatic N) is 4. The highest BCUT2D eigenvalue weighted by Crippen LogP contribution is 2.47. The Balaban J connectivity index is 1.72. The zero-order valence-electron chi connectivity index (χ0n) is 23.8. The van der Waals surface area contributed by atoms with E-state index < -0.39 is 13.7 Å². The summed E-state index contributed by atoms with van der Waals surface area (Å²) in [6, 6.07) is 8.19. The number of nitrogens with one attached hydrogen (secondary N) is 1. The molecule has 0 spiro atoms. The minimum atomic E-state index is -2.00. The smallest absolute Gasteiger partial charge is 0.243 e. The number of hydrogen-bond donors (Lipinski definition) is 1. The first-order valence-corrected chi connectivity index (χ1v) is 16.3. The van der Waals surface area contributed by atoms with Gasteiger partial charge in [0.2, 0.25) is 5.91 Å². The summed E-state index contributed by atoms with van der Waals surface area (Å²) in [7, 11) is -2.00. The van der Waals surface area contributed by atoms with Crippen LogP contribution in [-0.2, 0) is 26.0 Å². The number of carbonyl (C=O) groups is 1. The van der Waals surface area contributed by atoms with Gasteiger partial charge in [0.25, 0.3) is 0 Å². The summed E-state index contributed by atoms with van der Waals surface area (Å²) in [4.78, 5) is 27.7. The standard InChI is InChI=1S/C28H43N5O3Si/c1-9-14-29-24-23-25(31-22(30-24)19-36-37(7,8)27(2,3)4)33(26(34)28(23,5)6)21-12-10-20(11-13-21)32-15-17-35-18-16-32/h10-13H,9,14-19H2,1-8H3,(H,29,30,31). The van der Waals surface area contributed by atoms with Gasteiger partial charge in [0.05, 0.1) is 36.5 Å². The van der Waals surface area contributed by atoms with Gasteiger partial charge in [-0.3, -0.25) is 9.69 Å². The molecular formula is C28H43N5O3Si. The fraction of sp³-hybridized carbons (Fsp3) is 0.607. The molecule has 3 heterocycles. The van der Waals surface area contributed by atoms with Crippen molar-refractivity contribution in [3.63, 3.8) is 0 Å². The first kappa shape index (κ1) is 27.5. The number of morpholine rings is 1. The van der Waals surface area contributed by atoms with Crippen molar-refractivity contribution in [3.05, 3.63) is 35.7 Å². The molecule has 9 heteroatoms. The molecule has 0 unspecified atom stereocenters. The van der Waals surface area contributed by atoms with Gasteiger partial charge in [-0.05, 0) is 62.7 Å². The highest BCUT2D eigenvalue weighted by Gasteiger charge is 2.48. The molecule has 2 aliphatic rings. The van der Waals surface area contributed by atoms with Crippen LogP contribution < -0.4 is 15.1 Å². The van der Waals surface area contributed by atoms with E-state index in [1.54, 1.807) is 4.90 Å². The van der Waals surface area contributed by atoms with Gasteiger partial charge in [0.15, 0.2) is 14.1 Å². The van der Waals surface area contributed by atoms with E-state index in [1.807, 2.05) is 26.0 Å². The molecule has 1 fully saturated rings. The van der Waals surface area contributed by atoms with Crippen LogP contribution in [0.1, 0.15) is 59.4 Å². The van der Waals surface area contributed by atoms with Crippen LogP contribution in [0.25, 0.3) is 0 Å². The first-order valence-electron chi connectivity index (χ1n) is 13.4. The van der Waals surface area contributed by atoms with E-state index in [4.69, 9.17) is 19.1 Å². The number of fused-ring (bicyclic) bond motifs is 1. The Morgan fingerprint density at radius 3 is 2.30 bits per heavy atom. The monoisotopic (exact) mass is 525 g/mol. The number of hydrogen-bond acceptors (Lipinski definition) is 7. The van der Waals surface area contributed by atoms with Crippen molar-refractivity contribution in [1.82, 2.24) is 9.97 Å². The van der Waals surface area contributed by atoms with Crippen molar-refractivity contribution < 1.29 is 14.0 Å². The van der Waals surface area contributed by atoms with E-state index >= 15 is 0 Å². The molecule has 1 aromatic carbocycles. The minimum absolute atomic E-state index is 0.00191. The normalized spacial score (nSPS) is 17.8. The van der Waals surface area contributed by atoms with Crippen molar-refractivity contribution in [2.24, 2.45) is 0 Å². The third kappa shape index (κ3) is 5.40. The minimum Gasteiger partial charge on any atom is -0.409 e. The van der Waals surface area contributed by atoms with Crippen LogP contribution in [0.3, 0.4) is 0 Å². The molecule has 1 saturated heterocycles. The lowest BCUT2D eigenvalue weighted by Gasteiger charge is -2.36. The largest absolute Gasteiger partial charge is 0.409 e. The van der Waals surface area contributed by atoms with Crippen LogP contribution in [-0.4, -0.2) is 57.0 Å². The third-order valence-corrected chi connectivity index (χ3v) is 12.4. The number of carbonyl (C=O) groups excluding carboxylic acids is 1. The fourth-order valence-corrected chi connectivity index (χ4v) is 5.41. The molecule has 8 nitrogen and oxygen atoms in total. The lowest BCUT2D eigenvalue weighted by Crippen LogP contribution is -2.40. The predicted octanol–water partition coefficient (Wildman–Crippen LogP) is 5.61. The Kier molecular flexibility index (Phi) is 7.70. The van der Waals surface area contributed by atoms with Crippen molar-refractivity contribution in [2.75, 3.05) is 48.0 Å². The average Bonchev–Trinajstić information content (AvgIpc) is 3.06. The van der Waals surface area contributed by atoms with Gasteiger partial charge in [-0.15, -0.1) is 0 Å². The van der Waals surface area contributed by atoms with Crippen LogP contribution in [0.5, 0.6) is 0 Å². The van der Waals surface area contributed by atoms with E-state index in [0.29, 0.717) is 18.2 Å². The number of anilines is 4. The van der Waals surface area contributed by atoms with Crippen molar-refractivity contribution in [2.45, 2.75) is 78.1 Å². The first-order chi connectivity index (χ1) is 17.4. The quantitative estimate of drug-likeness (QED) is 0.449. The second-order valence-electron chi connectivity index (χ2n) is 12.0. The van der Waals surface area contributed by atoms with Crippen molar-refractivity contribution in [3.8, 4) is 0 Å².